The van der Waals surface area contributed by atoms with Gasteiger partial charge in [-0.15, -0.1) is 0 Å². The van der Waals surface area contributed by atoms with Gasteiger partial charge in [0.05, 0.1) is 12.3 Å². The summed E-state index contributed by atoms with van der Waals surface area (Å²) in [4.78, 5) is 11.0. The van der Waals surface area contributed by atoms with E-state index in [9.17, 15) is 0 Å². The van der Waals surface area contributed by atoms with E-state index >= 15 is 0 Å². The predicted molar refractivity (Wildman–Crippen MR) is 79.8 cm³/mol. The zero-order chi connectivity index (χ0) is 13.8. The lowest BCUT2D eigenvalue weighted by molar-refractivity contribution is 0.322. The van der Waals surface area contributed by atoms with Crippen LogP contribution in [0.2, 0.25) is 0 Å². The van der Waals surface area contributed by atoms with E-state index in [1.165, 1.54) is 0 Å². The molecule has 20 heavy (non-hydrogen) atoms. The Morgan fingerprint density at radius 1 is 1.30 bits per heavy atom. The normalized spacial score (nSPS) is 14.2. The first-order chi connectivity index (χ1) is 9.88. The van der Waals surface area contributed by atoms with E-state index in [-0.39, 0.29) is 0 Å². The largest absolute Gasteiger partial charge is 0.491 e. The Labute approximate surface area is 118 Å². The first kappa shape index (κ1) is 12.7. The van der Waals surface area contributed by atoms with Crippen LogP contribution in [-0.4, -0.2) is 29.7 Å². The summed E-state index contributed by atoms with van der Waals surface area (Å²) in [6.07, 6.45) is 2.75. The fourth-order valence-electron chi connectivity index (χ4n) is 2.31. The molecule has 3 rings (SSSR count). The summed E-state index contributed by atoms with van der Waals surface area (Å²) in [5.41, 5.74) is 1.06. The molecular weight excluding hydrogens is 252 g/mol. The van der Waals surface area contributed by atoms with E-state index in [4.69, 9.17) is 4.74 Å². The molecule has 1 aromatic carbocycles. The Balaban J connectivity index is 1.98. The van der Waals surface area contributed by atoms with Gasteiger partial charge in [0.2, 0.25) is 5.95 Å². The summed E-state index contributed by atoms with van der Waals surface area (Å²) < 4.78 is 5.78. The summed E-state index contributed by atoms with van der Waals surface area (Å²) in [6, 6.07) is 10.0. The molecule has 0 saturated heterocycles. The van der Waals surface area contributed by atoms with Crippen molar-refractivity contribution in [2.24, 2.45) is 0 Å². The van der Waals surface area contributed by atoms with Crippen molar-refractivity contribution in [3.63, 3.8) is 0 Å². The zero-order valence-corrected chi connectivity index (χ0v) is 11.5. The molecular formula is C15H18N4O. The van der Waals surface area contributed by atoms with Crippen molar-refractivity contribution in [3.05, 3.63) is 36.5 Å². The van der Waals surface area contributed by atoms with Crippen molar-refractivity contribution < 1.29 is 4.74 Å². The monoisotopic (exact) mass is 270 g/mol. The summed E-state index contributed by atoms with van der Waals surface area (Å²) in [5.74, 6) is 2.47. The lowest BCUT2D eigenvalue weighted by Crippen LogP contribution is -2.19. The Kier molecular flexibility index (Phi) is 3.67. The predicted octanol–water partition coefficient (Wildman–Crippen LogP) is 2.83. The summed E-state index contributed by atoms with van der Waals surface area (Å²) in [7, 11) is 0. The minimum absolute atomic E-state index is 0.660. The van der Waals surface area contributed by atoms with E-state index in [0.29, 0.717) is 5.95 Å². The molecule has 5 nitrogen and oxygen atoms in total. The highest BCUT2D eigenvalue weighted by Gasteiger charge is 2.18. The molecule has 1 N–H and O–H groups in total. The van der Waals surface area contributed by atoms with Crippen molar-refractivity contribution in [1.82, 2.24) is 9.97 Å². The Hall–Kier alpha value is -2.30. The highest BCUT2D eigenvalue weighted by Crippen LogP contribution is 2.34. The van der Waals surface area contributed by atoms with Gasteiger partial charge in [-0.1, -0.05) is 12.1 Å². The summed E-state index contributed by atoms with van der Waals surface area (Å²) >= 11 is 0. The number of rotatable bonds is 3. The van der Waals surface area contributed by atoms with Gasteiger partial charge in [-0.3, -0.25) is 0 Å². The number of hydrogen-bond donors (Lipinski definition) is 1. The summed E-state index contributed by atoms with van der Waals surface area (Å²) in [5, 5.41) is 3.15. The maximum Gasteiger partial charge on any atom is 0.224 e. The molecule has 104 valence electrons. The number of hydrogen-bond acceptors (Lipinski definition) is 5. The second kappa shape index (κ2) is 5.77. The van der Waals surface area contributed by atoms with Gasteiger partial charge in [0, 0.05) is 19.3 Å². The van der Waals surface area contributed by atoms with Gasteiger partial charge < -0.3 is 15.0 Å². The van der Waals surface area contributed by atoms with Crippen molar-refractivity contribution in [2.45, 2.75) is 13.3 Å². The molecule has 1 aliphatic rings. The lowest BCUT2D eigenvalue weighted by Gasteiger charge is -2.22. The fraction of sp³-hybridized carbons (Fsp3) is 0.333. The fourth-order valence-corrected chi connectivity index (χ4v) is 2.31. The van der Waals surface area contributed by atoms with Gasteiger partial charge >= 0.3 is 0 Å². The second-order valence-electron chi connectivity index (χ2n) is 4.59. The van der Waals surface area contributed by atoms with Crippen LogP contribution in [0.5, 0.6) is 5.75 Å². The number of ether oxygens (including phenoxy) is 1. The number of para-hydroxylation sites is 2. The molecule has 2 aromatic rings. The van der Waals surface area contributed by atoms with Crippen molar-refractivity contribution in [2.75, 3.05) is 29.9 Å². The van der Waals surface area contributed by atoms with Gasteiger partial charge in [0.25, 0.3) is 0 Å². The van der Waals surface area contributed by atoms with E-state index in [1.54, 1.807) is 6.20 Å². The van der Waals surface area contributed by atoms with Gasteiger partial charge in [-0.25, -0.2) is 4.98 Å². The van der Waals surface area contributed by atoms with Crippen LogP contribution in [0.4, 0.5) is 17.5 Å². The third-order valence-corrected chi connectivity index (χ3v) is 3.19. The van der Waals surface area contributed by atoms with Crippen molar-refractivity contribution in [3.8, 4) is 5.75 Å². The first-order valence-corrected chi connectivity index (χ1v) is 6.95. The molecule has 5 heteroatoms. The third kappa shape index (κ3) is 2.52. The quantitative estimate of drug-likeness (QED) is 0.929. The number of nitrogens with one attached hydrogen (secondary N) is 1. The molecule has 1 aromatic heterocycles. The van der Waals surface area contributed by atoms with Crippen LogP contribution < -0.4 is 15.0 Å². The average molecular weight is 270 g/mol. The van der Waals surface area contributed by atoms with Gasteiger partial charge in [0.1, 0.15) is 11.6 Å². The molecule has 0 fully saturated rings. The molecule has 0 spiro atoms. The number of anilines is 3. The number of aromatic nitrogens is 2. The Morgan fingerprint density at radius 3 is 3.10 bits per heavy atom. The van der Waals surface area contributed by atoms with Crippen LogP contribution in [-0.2, 0) is 0 Å². The Morgan fingerprint density at radius 2 is 2.20 bits per heavy atom. The standard InChI is InChI=1S/C15H18N4O/c1-2-16-15-17-9-8-14(18-15)19-10-5-11-20-13-7-4-3-6-12(13)19/h3-4,6-9H,2,5,10-11H2,1H3,(H,16,17,18). The van der Waals surface area contributed by atoms with Gasteiger partial charge in [-0.2, -0.15) is 4.98 Å². The van der Waals surface area contributed by atoms with Crippen LogP contribution in [0.3, 0.4) is 0 Å². The van der Waals surface area contributed by atoms with E-state index in [0.717, 1.165) is 43.4 Å². The smallest absolute Gasteiger partial charge is 0.224 e. The SMILES string of the molecule is CCNc1nccc(N2CCCOc3ccccc32)n1. The molecule has 0 aliphatic carbocycles. The molecule has 0 amide bonds. The highest BCUT2D eigenvalue weighted by atomic mass is 16.5. The minimum Gasteiger partial charge on any atom is -0.491 e. The molecule has 1 aliphatic heterocycles. The van der Waals surface area contributed by atoms with Gasteiger partial charge in [0.15, 0.2) is 0 Å². The van der Waals surface area contributed by atoms with E-state index < -0.39 is 0 Å². The topological polar surface area (TPSA) is 50.3 Å². The molecule has 0 radical (unpaired) electrons. The van der Waals surface area contributed by atoms with E-state index in [2.05, 4.69) is 26.3 Å². The lowest BCUT2D eigenvalue weighted by atomic mass is 10.2. The van der Waals surface area contributed by atoms with E-state index in [1.807, 2.05) is 31.2 Å². The van der Waals surface area contributed by atoms with Crippen molar-refractivity contribution in [1.29, 1.82) is 0 Å². The number of fused-ring (bicyclic) bond motifs is 1. The molecule has 0 saturated carbocycles. The molecule has 0 bridgehead atoms. The van der Waals surface area contributed by atoms with Crippen LogP contribution >= 0.6 is 0 Å². The molecule has 0 unspecified atom stereocenters. The average Bonchev–Trinajstić information content (AvgIpc) is 2.70. The third-order valence-electron chi connectivity index (χ3n) is 3.19. The Bertz CT molecular complexity index is 588. The van der Waals surface area contributed by atoms with Crippen LogP contribution in [0.25, 0.3) is 0 Å². The number of benzene rings is 1. The van der Waals surface area contributed by atoms with Crippen LogP contribution in [0.15, 0.2) is 36.5 Å². The zero-order valence-electron chi connectivity index (χ0n) is 11.5. The molecule has 0 atom stereocenters. The van der Waals surface area contributed by atoms with Crippen LogP contribution in [0, 0.1) is 0 Å². The maximum absolute atomic E-state index is 5.78. The molecule has 2 heterocycles. The first-order valence-electron chi connectivity index (χ1n) is 6.95. The maximum atomic E-state index is 5.78. The highest BCUT2D eigenvalue weighted by molar-refractivity contribution is 5.67. The minimum atomic E-state index is 0.660. The van der Waals surface area contributed by atoms with Crippen molar-refractivity contribution >= 4 is 17.5 Å². The number of nitrogens with zero attached hydrogens (tertiary/aromatic N) is 3. The van der Waals surface area contributed by atoms with Gasteiger partial charge in [-0.05, 0) is 31.5 Å². The second-order valence-corrected chi connectivity index (χ2v) is 4.59. The van der Waals surface area contributed by atoms with Crippen LogP contribution in [0.1, 0.15) is 13.3 Å². The summed E-state index contributed by atoms with van der Waals surface area (Å²) in [6.45, 7) is 4.46.